The van der Waals surface area contributed by atoms with Crippen LogP contribution in [0.4, 0.5) is 0 Å². The van der Waals surface area contributed by atoms with Gasteiger partial charge in [0.15, 0.2) is 5.78 Å². The number of hydrogen-bond acceptors (Lipinski definition) is 4. The zero-order chi connectivity index (χ0) is 19.5. The van der Waals surface area contributed by atoms with Crippen molar-refractivity contribution in [2.75, 3.05) is 6.61 Å². The van der Waals surface area contributed by atoms with Gasteiger partial charge in [-0.05, 0) is 37.0 Å². The Kier molecular flexibility index (Phi) is 5.53. The lowest BCUT2D eigenvalue weighted by atomic mass is 9.90. The average molecular weight is 399 g/mol. The minimum Gasteiger partial charge on any atom is -0.507 e. The number of fused-ring (bicyclic) bond motifs is 1. The normalized spacial score (nSPS) is 15.0. The zero-order valence-corrected chi connectivity index (χ0v) is 16.3. The molecular weight excluding hydrogens is 376 g/mol. The smallest absolute Gasteiger partial charge is 0.169 e. The van der Waals surface area contributed by atoms with Gasteiger partial charge in [-0.25, -0.2) is 0 Å². The van der Waals surface area contributed by atoms with Crippen molar-refractivity contribution in [3.05, 3.63) is 52.9 Å². The molecule has 0 atom stereocenters. The SMILES string of the molecule is O=C(Cc1cc(Cl)c2[nH]ccc2c1O)c1cncc(OCC2CCCCC2)c1. The van der Waals surface area contributed by atoms with Crippen LogP contribution in [0.25, 0.3) is 10.9 Å². The Morgan fingerprint density at radius 1 is 1.25 bits per heavy atom. The van der Waals surface area contributed by atoms with Gasteiger partial charge < -0.3 is 14.8 Å². The van der Waals surface area contributed by atoms with Gasteiger partial charge >= 0.3 is 0 Å². The van der Waals surface area contributed by atoms with Crippen molar-refractivity contribution in [3.8, 4) is 11.5 Å². The Labute approximate surface area is 168 Å². The number of ketones is 1. The third-order valence-electron chi connectivity index (χ3n) is 5.44. The fraction of sp³-hybridized carbons (Fsp3) is 0.364. The highest BCUT2D eigenvalue weighted by Crippen LogP contribution is 2.34. The molecule has 146 valence electrons. The van der Waals surface area contributed by atoms with Gasteiger partial charge in [0.1, 0.15) is 11.5 Å². The summed E-state index contributed by atoms with van der Waals surface area (Å²) in [5, 5.41) is 11.6. The molecule has 1 aliphatic rings. The second-order valence-corrected chi connectivity index (χ2v) is 7.86. The highest BCUT2D eigenvalue weighted by atomic mass is 35.5. The molecule has 0 unspecified atom stereocenters. The number of halogens is 1. The molecule has 6 heteroatoms. The summed E-state index contributed by atoms with van der Waals surface area (Å²) in [5.74, 6) is 1.13. The Balaban J connectivity index is 1.47. The molecule has 2 aromatic heterocycles. The molecule has 5 nitrogen and oxygen atoms in total. The standard InChI is InChI=1S/C22H23ClN2O3/c23-19-9-15(22(27)18-6-7-25-21(18)19)10-20(26)16-8-17(12-24-11-16)28-13-14-4-2-1-3-5-14/h6-9,11-12,14,25,27H,1-5,10,13H2. The maximum absolute atomic E-state index is 12.8. The van der Waals surface area contributed by atoms with Gasteiger partial charge in [-0.3, -0.25) is 9.78 Å². The lowest BCUT2D eigenvalue weighted by molar-refractivity contribution is 0.0991. The predicted molar refractivity (Wildman–Crippen MR) is 109 cm³/mol. The number of aromatic amines is 1. The summed E-state index contributed by atoms with van der Waals surface area (Å²) in [6.45, 7) is 0.667. The number of phenolic OH excluding ortho intramolecular Hbond substituents is 1. The van der Waals surface area contributed by atoms with Crippen molar-refractivity contribution in [2.45, 2.75) is 38.5 Å². The number of carbonyl (C=O) groups is 1. The first-order valence-corrected chi connectivity index (χ1v) is 10.1. The molecule has 1 aliphatic carbocycles. The van der Waals surface area contributed by atoms with E-state index < -0.39 is 0 Å². The third kappa shape index (κ3) is 3.99. The van der Waals surface area contributed by atoms with Crippen molar-refractivity contribution < 1.29 is 14.6 Å². The molecule has 2 N–H and O–H groups in total. The van der Waals surface area contributed by atoms with Crippen LogP contribution in [0.1, 0.15) is 48.0 Å². The second kappa shape index (κ2) is 8.23. The van der Waals surface area contributed by atoms with Crippen molar-refractivity contribution in [1.82, 2.24) is 9.97 Å². The third-order valence-corrected chi connectivity index (χ3v) is 5.74. The van der Waals surface area contributed by atoms with Crippen LogP contribution in [-0.2, 0) is 6.42 Å². The van der Waals surface area contributed by atoms with Crippen LogP contribution >= 0.6 is 11.6 Å². The van der Waals surface area contributed by atoms with Gasteiger partial charge in [-0.1, -0.05) is 30.9 Å². The monoisotopic (exact) mass is 398 g/mol. The Bertz CT molecular complexity index is 993. The second-order valence-electron chi connectivity index (χ2n) is 7.46. The lowest BCUT2D eigenvalue weighted by Crippen LogP contribution is -2.15. The highest BCUT2D eigenvalue weighted by Gasteiger charge is 2.17. The van der Waals surface area contributed by atoms with Gasteiger partial charge in [-0.2, -0.15) is 0 Å². The predicted octanol–water partition coefficient (Wildman–Crippen LogP) is 5.31. The van der Waals surface area contributed by atoms with E-state index in [0.29, 0.717) is 45.3 Å². The minimum atomic E-state index is -0.142. The molecule has 1 aromatic carbocycles. The van der Waals surface area contributed by atoms with Crippen LogP contribution in [0.2, 0.25) is 5.02 Å². The number of pyridine rings is 1. The van der Waals surface area contributed by atoms with Gasteiger partial charge in [-0.15, -0.1) is 0 Å². The van der Waals surface area contributed by atoms with Crippen molar-refractivity contribution in [3.63, 3.8) is 0 Å². The molecular formula is C22H23ClN2O3. The number of H-pyrrole nitrogens is 1. The molecule has 28 heavy (non-hydrogen) atoms. The van der Waals surface area contributed by atoms with Gasteiger partial charge in [0.05, 0.1) is 23.3 Å². The van der Waals surface area contributed by atoms with Gasteiger partial charge in [0.2, 0.25) is 0 Å². The Morgan fingerprint density at radius 3 is 2.89 bits per heavy atom. The number of Topliss-reactive ketones (excluding diaryl/α,β-unsaturated/α-hetero) is 1. The summed E-state index contributed by atoms with van der Waals surface area (Å²) in [6.07, 6.45) is 11.2. The molecule has 0 saturated heterocycles. The maximum Gasteiger partial charge on any atom is 0.169 e. The molecule has 0 bridgehead atoms. The number of nitrogens with zero attached hydrogens (tertiary/aromatic N) is 1. The molecule has 4 rings (SSSR count). The van der Waals surface area contributed by atoms with E-state index in [1.165, 1.54) is 38.3 Å². The van der Waals surface area contributed by atoms with Crippen LogP contribution in [0.15, 0.2) is 36.8 Å². The average Bonchev–Trinajstić information content (AvgIpc) is 3.22. The minimum absolute atomic E-state index is 0.0421. The molecule has 0 amide bonds. The molecule has 0 aliphatic heterocycles. The van der Waals surface area contributed by atoms with E-state index in [1.807, 2.05) is 0 Å². The first-order chi connectivity index (χ1) is 13.6. The summed E-state index contributed by atoms with van der Waals surface area (Å²) < 4.78 is 5.89. The van der Waals surface area contributed by atoms with E-state index in [-0.39, 0.29) is 18.0 Å². The summed E-state index contributed by atoms with van der Waals surface area (Å²) in [4.78, 5) is 19.9. The van der Waals surface area contributed by atoms with Crippen molar-refractivity contribution in [1.29, 1.82) is 0 Å². The number of aromatic hydroxyl groups is 1. The van der Waals surface area contributed by atoms with E-state index in [2.05, 4.69) is 9.97 Å². The lowest BCUT2D eigenvalue weighted by Gasteiger charge is -2.21. The van der Waals surface area contributed by atoms with E-state index in [0.717, 1.165) is 0 Å². The van der Waals surface area contributed by atoms with Crippen LogP contribution in [-0.4, -0.2) is 27.5 Å². The molecule has 0 radical (unpaired) electrons. The number of ether oxygens (including phenoxy) is 1. The first-order valence-electron chi connectivity index (χ1n) is 9.70. The summed E-state index contributed by atoms with van der Waals surface area (Å²) in [7, 11) is 0. The largest absolute Gasteiger partial charge is 0.507 e. The number of nitrogens with one attached hydrogen (secondary N) is 1. The number of hydrogen-bond donors (Lipinski definition) is 2. The van der Waals surface area contributed by atoms with Gasteiger partial charge in [0.25, 0.3) is 0 Å². The number of aromatic nitrogens is 2. The molecule has 2 heterocycles. The van der Waals surface area contributed by atoms with E-state index >= 15 is 0 Å². The first kappa shape index (κ1) is 18.8. The number of benzene rings is 1. The van der Waals surface area contributed by atoms with Crippen LogP contribution in [0.5, 0.6) is 11.5 Å². The summed E-state index contributed by atoms with van der Waals surface area (Å²) in [6, 6.07) is 5.10. The van der Waals surface area contributed by atoms with Gasteiger partial charge in [0, 0.05) is 35.3 Å². The summed E-state index contributed by atoms with van der Waals surface area (Å²) >= 11 is 6.26. The van der Waals surface area contributed by atoms with Crippen LogP contribution < -0.4 is 4.74 Å². The zero-order valence-electron chi connectivity index (χ0n) is 15.6. The molecule has 1 saturated carbocycles. The van der Waals surface area contributed by atoms with Crippen LogP contribution in [0.3, 0.4) is 0 Å². The Hall–Kier alpha value is -2.53. The number of phenols is 1. The summed E-state index contributed by atoms with van der Waals surface area (Å²) in [5.41, 5.74) is 1.62. The van der Waals surface area contributed by atoms with Crippen molar-refractivity contribution >= 4 is 28.3 Å². The maximum atomic E-state index is 12.8. The van der Waals surface area contributed by atoms with E-state index in [9.17, 15) is 9.90 Å². The fourth-order valence-corrected chi connectivity index (χ4v) is 4.15. The molecule has 0 spiro atoms. The van der Waals surface area contributed by atoms with Crippen molar-refractivity contribution in [2.24, 2.45) is 5.92 Å². The quantitative estimate of drug-likeness (QED) is 0.552. The topological polar surface area (TPSA) is 75.2 Å². The number of rotatable bonds is 6. The molecule has 3 aromatic rings. The van der Waals surface area contributed by atoms with Crippen LogP contribution in [0, 0.1) is 5.92 Å². The number of carbonyl (C=O) groups excluding carboxylic acids is 1. The fourth-order valence-electron chi connectivity index (χ4n) is 3.86. The Morgan fingerprint density at radius 2 is 2.07 bits per heavy atom. The van der Waals surface area contributed by atoms with E-state index in [4.69, 9.17) is 16.3 Å². The molecule has 1 fully saturated rings. The van der Waals surface area contributed by atoms with E-state index in [1.54, 1.807) is 30.6 Å². The highest BCUT2D eigenvalue weighted by molar-refractivity contribution is 6.35.